The first-order valence-electron chi connectivity index (χ1n) is 7.63. The molecule has 3 rings (SSSR count). The summed E-state index contributed by atoms with van der Waals surface area (Å²) in [5.41, 5.74) is 4.42. The number of nitrogens with zero attached hydrogens (tertiary/aromatic N) is 2. The summed E-state index contributed by atoms with van der Waals surface area (Å²) in [7, 11) is 0. The third kappa shape index (κ3) is 3.22. The highest BCUT2D eigenvalue weighted by atomic mass is 16.5. The van der Waals surface area contributed by atoms with Crippen LogP contribution in [0.5, 0.6) is 0 Å². The van der Waals surface area contributed by atoms with Gasteiger partial charge in [-0.1, -0.05) is 13.0 Å². The van der Waals surface area contributed by atoms with Crippen molar-refractivity contribution in [3.05, 3.63) is 48.0 Å². The Morgan fingerprint density at radius 2 is 2.10 bits per heavy atom. The molecule has 4 heteroatoms. The van der Waals surface area contributed by atoms with Crippen LogP contribution in [0.25, 0.3) is 11.0 Å². The highest BCUT2D eigenvalue weighted by Crippen LogP contribution is 2.29. The maximum absolute atomic E-state index is 5.52. The molecule has 21 heavy (non-hydrogen) atoms. The smallest absolute Gasteiger partial charge is 0.0890 e. The molecule has 0 fully saturated rings. The van der Waals surface area contributed by atoms with Gasteiger partial charge in [0.05, 0.1) is 29.9 Å². The van der Waals surface area contributed by atoms with Gasteiger partial charge in [0.1, 0.15) is 0 Å². The Hall–Kier alpha value is -1.94. The fraction of sp³-hybridized carbons (Fsp3) is 0.412. The first-order valence-corrected chi connectivity index (χ1v) is 7.63. The summed E-state index contributed by atoms with van der Waals surface area (Å²) in [6.07, 6.45) is 8.68. The summed E-state index contributed by atoms with van der Waals surface area (Å²) in [5.74, 6) is 0. The quantitative estimate of drug-likeness (QED) is 0.914. The molecule has 1 atom stereocenters. The van der Waals surface area contributed by atoms with Gasteiger partial charge in [-0.3, -0.25) is 9.97 Å². The molecule has 0 saturated carbocycles. The lowest BCUT2D eigenvalue weighted by atomic mass is 9.94. The van der Waals surface area contributed by atoms with Gasteiger partial charge in [-0.2, -0.15) is 0 Å². The van der Waals surface area contributed by atoms with Crippen molar-refractivity contribution in [2.75, 3.05) is 13.2 Å². The third-order valence-corrected chi connectivity index (χ3v) is 3.76. The number of benzene rings is 1. The molecule has 1 aliphatic heterocycles. The van der Waals surface area contributed by atoms with Crippen molar-refractivity contribution >= 4 is 11.0 Å². The fourth-order valence-electron chi connectivity index (χ4n) is 2.71. The van der Waals surface area contributed by atoms with Crippen LogP contribution in [0, 0.1) is 0 Å². The van der Waals surface area contributed by atoms with Gasteiger partial charge in [0, 0.05) is 12.4 Å². The van der Waals surface area contributed by atoms with Crippen molar-refractivity contribution in [1.82, 2.24) is 15.3 Å². The van der Waals surface area contributed by atoms with E-state index in [0.717, 1.165) is 43.4 Å². The Balaban J connectivity index is 1.94. The summed E-state index contributed by atoms with van der Waals surface area (Å²) >= 11 is 0. The largest absolute Gasteiger partial charge is 0.501 e. The molecule has 0 amide bonds. The fourth-order valence-corrected chi connectivity index (χ4v) is 2.71. The lowest BCUT2D eigenvalue weighted by Crippen LogP contribution is -2.25. The highest BCUT2D eigenvalue weighted by molar-refractivity contribution is 5.74. The van der Waals surface area contributed by atoms with E-state index in [2.05, 4.69) is 34.3 Å². The summed E-state index contributed by atoms with van der Waals surface area (Å²) < 4.78 is 5.52. The predicted molar refractivity (Wildman–Crippen MR) is 83.8 cm³/mol. The van der Waals surface area contributed by atoms with Crippen LogP contribution < -0.4 is 5.32 Å². The second kappa shape index (κ2) is 6.68. The Bertz CT molecular complexity index is 639. The predicted octanol–water partition coefficient (Wildman–Crippen LogP) is 3.36. The molecule has 1 unspecified atom stereocenters. The molecule has 1 aromatic carbocycles. The van der Waals surface area contributed by atoms with Crippen molar-refractivity contribution in [2.45, 2.75) is 32.2 Å². The second-order valence-electron chi connectivity index (χ2n) is 5.36. The number of nitrogens with one attached hydrogen (secondary N) is 1. The molecule has 1 aliphatic rings. The van der Waals surface area contributed by atoms with Gasteiger partial charge in [0.15, 0.2) is 0 Å². The molecule has 0 bridgehead atoms. The molecular weight excluding hydrogens is 262 g/mol. The van der Waals surface area contributed by atoms with Crippen molar-refractivity contribution in [3.63, 3.8) is 0 Å². The number of fused-ring (bicyclic) bond motifs is 1. The summed E-state index contributed by atoms with van der Waals surface area (Å²) in [6.45, 7) is 4.00. The van der Waals surface area contributed by atoms with Crippen LogP contribution in [0.3, 0.4) is 0 Å². The molecular formula is C17H21N3O. The van der Waals surface area contributed by atoms with Crippen molar-refractivity contribution in [2.24, 2.45) is 0 Å². The van der Waals surface area contributed by atoms with E-state index in [-0.39, 0.29) is 6.04 Å². The summed E-state index contributed by atoms with van der Waals surface area (Å²) in [4.78, 5) is 8.74. The van der Waals surface area contributed by atoms with Gasteiger partial charge >= 0.3 is 0 Å². The maximum Gasteiger partial charge on any atom is 0.0890 e. The first-order chi connectivity index (χ1) is 10.4. The third-order valence-electron chi connectivity index (χ3n) is 3.76. The lowest BCUT2D eigenvalue weighted by Gasteiger charge is -2.25. The molecule has 1 aromatic heterocycles. The standard InChI is InChI=1S/C17H21N3O/c1-2-7-20-17(14-4-3-10-21-12-14)13-5-6-15-16(11-13)19-9-8-18-15/h5-6,8-9,11-12,17,20H,2-4,7,10H2,1H3. The SMILES string of the molecule is CCCNC(C1=COCCC1)c1ccc2nccnc2c1. The Kier molecular flexibility index (Phi) is 4.46. The summed E-state index contributed by atoms with van der Waals surface area (Å²) in [6, 6.07) is 6.52. The normalized spacial score (nSPS) is 16.3. The Labute approximate surface area is 125 Å². The zero-order valence-corrected chi connectivity index (χ0v) is 12.4. The molecule has 2 aromatic rings. The van der Waals surface area contributed by atoms with Gasteiger partial charge in [0.2, 0.25) is 0 Å². The number of rotatable bonds is 5. The van der Waals surface area contributed by atoms with E-state index in [1.54, 1.807) is 12.4 Å². The van der Waals surface area contributed by atoms with E-state index in [9.17, 15) is 0 Å². The number of hydrogen-bond donors (Lipinski definition) is 1. The zero-order chi connectivity index (χ0) is 14.5. The lowest BCUT2D eigenvalue weighted by molar-refractivity contribution is 0.219. The number of ether oxygens (including phenoxy) is 1. The number of aromatic nitrogens is 2. The molecule has 0 saturated heterocycles. The van der Waals surface area contributed by atoms with E-state index >= 15 is 0 Å². The molecule has 2 heterocycles. The minimum absolute atomic E-state index is 0.205. The van der Waals surface area contributed by atoms with Gasteiger partial charge in [-0.05, 0) is 49.1 Å². The highest BCUT2D eigenvalue weighted by Gasteiger charge is 2.19. The van der Waals surface area contributed by atoms with Crippen LogP contribution in [-0.4, -0.2) is 23.1 Å². The van der Waals surface area contributed by atoms with E-state index in [4.69, 9.17) is 4.74 Å². The average Bonchev–Trinajstić information content (AvgIpc) is 2.56. The minimum Gasteiger partial charge on any atom is -0.501 e. The van der Waals surface area contributed by atoms with Crippen LogP contribution in [0.4, 0.5) is 0 Å². The van der Waals surface area contributed by atoms with Gasteiger partial charge in [0.25, 0.3) is 0 Å². The van der Waals surface area contributed by atoms with E-state index in [1.165, 1.54) is 11.1 Å². The molecule has 110 valence electrons. The van der Waals surface area contributed by atoms with Gasteiger partial charge < -0.3 is 10.1 Å². The molecule has 0 spiro atoms. The van der Waals surface area contributed by atoms with Crippen molar-refractivity contribution < 1.29 is 4.74 Å². The van der Waals surface area contributed by atoms with Crippen molar-refractivity contribution in [3.8, 4) is 0 Å². The van der Waals surface area contributed by atoms with Crippen LogP contribution in [0.2, 0.25) is 0 Å². The average molecular weight is 283 g/mol. The van der Waals surface area contributed by atoms with Crippen LogP contribution in [0.1, 0.15) is 37.8 Å². The second-order valence-corrected chi connectivity index (χ2v) is 5.36. The molecule has 0 radical (unpaired) electrons. The van der Waals surface area contributed by atoms with Crippen LogP contribution in [0.15, 0.2) is 42.4 Å². The Morgan fingerprint density at radius 3 is 2.86 bits per heavy atom. The van der Waals surface area contributed by atoms with E-state index < -0.39 is 0 Å². The molecule has 1 N–H and O–H groups in total. The van der Waals surface area contributed by atoms with Crippen molar-refractivity contribution in [1.29, 1.82) is 0 Å². The minimum atomic E-state index is 0.205. The monoisotopic (exact) mass is 283 g/mol. The Morgan fingerprint density at radius 1 is 1.24 bits per heavy atom. The zero-order valence-electron chi connectivity index (χ0n) is 12.4. The van der Waals surface area contributed by atoms with Gasteiger partial charge in [-0.25, -0.2) is 0 Å². The van der Waals surface area contributed by atoms with Crippen LogP contribution >= 0.6 is 0 Å². The van der Waals surface area contributed by atoms with Gasteiger partial charge in [-0.15, -0.1) is 0 Å². The topological polar surface area (TPSA) is 47.0 Å². The molecule has 4 nitrogen and oxygen atoms in total. The van der Waals surface area contributed by atoms with E-state index in [0.29, 0.717) is 0 Å². The number of hydrogen-bond acceptors (Lipinski definition) is 4. The van der Waals surface area contributed by atoms with Crippen LogP contribution in [-0.2, 0) is 4.74 Å². The first kappa shape index (κ1) is 14.0. The molecule has 0 aliphatic carbocycles. The maximum atomic E-state index is 5.52. The summed E-state index contributed by atoms with van der Waals surface area (Å²) in [5, 5.41) is 3.62. The van der Waals surface area contributed by atoms with E-state index in [1.807, 2.05) is 12.3 Å².